The molecule has 0 fully saturated rings. The lowest BCUT2D eigenvalue weighted by molar-refractivity contribution is -0.344. The second-order valence-corrected chi connectivity index (χ2v) is 6.41. The fourth-order valence-corrected chi connectivity index (χ4v) is 1.93. The van der Waals surface area contributed by atoms with Crippen LogP contribution in [0.4, 0.5) is 61.5 Å². The number of carbonyl (C=O) groups is 3. The number of aliphatic carboxylic acids is 1. The van der Waals surface area contributed by atoms with Crippen LogP contribution in [0, 0.1) is 0 Å². The Kier molecular flexibility index (Phi) is 9.21. The van der Waals surface area contributed by atoms with Gasteiger partial charge in [0.15, 0.2) is 0 Å². The Morgan fingerprint density at radius 1 is 0.647 bits per heavy atom. The molecule has 0 saturated carbocycles. The van der Waals surface area contributed by atoms with Crippen LogP contribution in [-0.4, -0.2) is 71.5 Å². The largest absolute Gasteiger partial charge is 0.480 e. The van der Waals surface area contributed by atoms with Gasteiger partial charge in [-0.15, -0.1) is 0 Å². The van der Waals surface area contributed by atoms with E-state index in [0.29, 0.717) is 5.32 Å². The summed E-state index contributed by atoms with van der Waals surface area (Å²) in [5.74, 6) is -35.1. The highest BCUT2D eigenvalue weighted by Gasteiger charge is 2.77. The van der Waals surface area contributed by atoms with Gasteiger partial charge in [-0.3, -0.25) is 9.59 Å². The molecule has 0 rings (SSSR count). The lowest BCUT2D eigenvalue weighted by Gasteiger charge is -2.28. The van der Waals surface area contributed by atoms with Crippen LogP contribution in [0.15, 0.2) is 0 Å². The van der Waals surface area contributed by atoms with Crippen molar-refractivity contribution >= 4 is 17.8 Å². The molecule has 3 N–H and O–H groups in total. The Morgan fingerprint density at radius 3 is 1.38 bits per heavy atom. The molecule has 1 atom stereocenters. The molecule has 6 nitrogen and oxygen atoms in total. The summed E-state index contributed by atoms with van der Waals surface area (Å²) < 4.78 is 175. The number of hydrogen-bond acceptors (Lipinski definition) is 3. The van der Waals surface area contributed by atoms with Crippen molar-refractivity contribution in [1.29, 1.82) is 0 Å². The van der Waals surface area contributed by atoms with E-state index in [1.807, 2.05) is 0 Å². The molecule has 0 unspecified atom stereocenters. The molecule has 2 amide bonds. The number of alkyl halides is 14. The van der Waals surface area contributed by atoms with Gasteiger partial charge in [-0.25, -0.2) is 4.79 Å². The van der Waals surface area contributed by atoms with E-state index in [0.717, 1.165) is 5.32 Å². The summed E-state index contributed by atoms with van der Waals surface area (Å²) in [6.45, 7) is -1.12. The fraction of sp³-hybridized carbons (Fsp3) is 0.786. The molecule has 0 heterocycles. The monoisotopic (exact) mass is 538 g/mol. The minimum Gasteiger partial charge on any atom is -0.480 e. The van der Waals surface area contributed by atoms with Crippen molar-refractivity contribution < 1.29 is 81.0 Å². The zero-order valence-electron chi connectivity index (χ0n) is 15.9. The molecule has 0 aromatic rings. The van der Waals surface area contributed by atoms with Crippen LogP contribution in [0.1, 0.15) is 19.3 Å². The molecule has 0 aliphatic heterocycles. The van der Waals surface area contributed by atoms with E-state index >= 15 is 0 Å². The van der Waals surface area contributed by atoms with Crippen LogP contribution in [0.5, 0.6) is 0 Å². The van der Waals surface area contributed by atoms with Gasteiger partial charge in [-0.1, -0.05) is 0 Å². The average Bonchev–Trinajstić information content (AvgIpc) is 2.63. The van der Waals surface area contributed by atoms with Gasteiger partial charge < -0.3 is 15.7 Å². The molecular weight excluding hydrogens is 526 g/mol. The lowest BCUT2D eigenvalue weighted by atomic mass is 10.1. The summed E-state index contributed by atoms with van der Waals surface area (Å²) in [7, 11) is 0. The Labute approximate surface area is 178 Å². The first-order valence-electron chi connectivity index (χ1n) is 8.32. The van der Waals surface area contributed by atoms with Gasteiger partial charge in [-0.05, 0) is 19.3 Å². The summed E-state index contributed by atoms with van der Waals surface area (Å²) in [5.41, 5.74) is 0. The number of hydrogen-bond donors (Lipinski definition) is 3. The third kappa shape index (κ3) is 6.30. The average molecular weight is 538 g/mol. The van der Waals surface area contributed by atoms with Crippen molar-refractivity contribution in [1.82, 2.24) is 10.6 Å². The van der Waals surface area contributed by atoms with E-state index in [4.69, 9.17) is 5.11 Å². The molecular formula is C14H12F14N2O4. The van der Waals surface area contributed by atoms with Gasteiger partial charge in [-0.2, -0.15) is 61.5 Å². The predicted molar refractivity (Wildman–Crippen MR) is 78.3 cm³/mol. The third-order valence-electron chi connectivity index (χ3n) is 3.88. The van der Waals surface area contributed by atoms with Crippen LogP contribution < -0.4 is 10.6 Å². The zero-order valence-corrected chi connectivity index (χ0v) is 15.9. The molecule has 20 heteroatoms. The smallest absolute Gasteiger partial charge is 0.460 e. The van der Waals surface area contributed by atoms with Crippen molar-refractivity contribution in [3.63, 3.8) is 0 Å². The first-order chi connectivity index (χ1) is 14.9. The third-order valence-corrected chi connectivity index (χ3v) is 3.88. The van der Waals surface area contributed by atoms with Crippen LogP contribution in [0.2, 0.25) is 0 Å². The molecule has 0 radical (unpaired) electrons. The van der Waals surface area contributed by atoms with Gasteiger partial charge in [0.05, 0.1) is 0 Å². The molecule has 34 heavy (non-hydrogen) atoms. The van der Waals surface area contributed by atoms with Crippen molar-refractivity contribution in [3.8, 4) is 0 Å². The van der Waals surface area contributed by atoms with E-state index < -0.39 is 85.7 Å². The highest BCUT2D eigenvalue weighted by molar-refractivity contribution is 5.89. The van der Waals surface area contributed by atoms with Crippen LogP contribution >= 0.6 is 0 Å². The van der Waals surface area contributed by atoms with Crippen LogP contribution in [-0.2, 0) is 14.4 Å². The van der Waals surface area contributed by atoms with Gasteiger partial charge >= 0.3 is 42.0 Å². The second-order valence-electron chi connectivity index (χ2n) is 6.41. The fourth-order valence-electron chi connectivity index (χ4n) is 1.93. The quantitative estimate of drug-likeness (QED) is 0.277. The zero-order chi connectivity index (χ0) is 27.6. The van der Waals surface area contributed by atoms with Gasteiger partial charge in [0.1, 0.15) is 6.04 Å². The number of carboxylic acids is 1. The topological polar surface area (TPSA) is 95.5 Å². The van der Waals surface area contributed by atoms with E-state index in [1.54, 1.807) is 0 Å². The number of carboxylic acid groups (broad SMARTS) is 1. The lowest BCUT2D eigenvalue weighted by Crippen LogP contribution is -2.61. The summed E-state index contributed by atoms with van der Waals surface area (Å²) in [6.07, 6.45) is -16.2. The molecule has 0 bridgehead atoms. The normalized spacial score (nSPS) is 15.0. The van der Waals surface area contributed by atoms with E-state index in [-0.39, 0.29) is 0 Å². The molecule has 0 aliphatic carbocycles. The number of unbranched alkanes of at least 4 members (excludes halogenated alkanes) is 1. The van der Waals surface area contributed by atoms with Gasteiger partial charge in [0.25, 0.3) is 11.8 Å². The Bertz CT molecular complexity index is 762. The first kappa shape index (κ1) is 31.4. The van der Waals surface area contributed by atoms with Crippen molar-refractivity contribution in [2.75, 3.05) is 6.54 Å². The van der Waals surface area contributed by atoms with Crippen LogP contribution in [0.3, 0.4) is 0 Å². The van der Waals surface area contributed by atoms with Crippen molar-refractivity contribution in [2.45, 2.75) is 61.3 Å². The van der Waals surface area contributed by atoms with Gasteiger partial charge in [0, 0.05) is 6.54 Å². The van der Waals surface area contributed by atoms with E-state index in [9.17, 15) is 75.8 Å². The maximum Gasteiger partial charge on any atom is 0.460 e. The standard InChI is InChI=1S/C14H12F14N2O4/c15-9(16,11(19,20)13(23,24)25)7(33)29-4-2-1-3-5(6(31)32)30-8(34)10(17,18)12(21,22)14(26,27)28/h5H,1-4H2,(H,29,33)(H,30,34)(H,31,32)/t5-/m0/s1. The summed E-state index contributed by atoms with van der Waals surface area (Å²) in [5, 5.41) is 10.4. The highest BCUT2D eigenvalue weighted by atomic mass is 19.4. The number of halogens is 14. The van der Waals surface area contributed by atoms with Crippen molar-refractivity contribution in [2.24, 2.45) is 0 Å². The number of nitrogens with one attached hydrogen (secondary N) is 2. The van der Waals surface area contributed by atoms with Gasteiger partial charge in [0.2, 0.25) is 0 Å². The number of rotatable bonds is 11. The minimum absolute atomic E-state index is 0.695. The molecule has 0 saturated heterocycles. The van der Waals surface area contributed by atoms with E-state index in [1.165, 1.54) is 0 Å². The Morgan fingerprint density at radius 2 is 1.03 bits per heavy atom. The summed E-state index contributed by atoms with van der Waals surface area (Å²) in [6, 6.07) is -2.55. The molecule has 0 aromatic heterocycles. The van der Waals surface area contributed by atoms with E-state index in [2.05, 4.69) is 0 Å². The summed E-state index contributed by atoms with van der Waals surface area (Å²) >= 11 is 0. The van der Waals surface area contributed by atoms with Crippen LogP contribution in [0.25, 0.3) is 0 Å². The van der Waals surface area contributed by atoms with Crippen molar-refractivity contribution in [3.05, 3.63) is 0 Å². The predicted octanol–water partition coefficient (Wildman–Crippen LogP) is 3.51. The molecule has 0 spiro atoms. The first-order valence-corrected chi connectivity index (χ1v) is 8.32. The number of carbonyl (C=O) groups excluding carboxylic acids is 2. The molecule has 0 aromatic carbocycles. The molecule has 200 valence electrons. The molecule has 0 aliphatic rings. The SMILES string of the molecule is O=C(O)[C@H](CCCCNC(=O)C(F)(F)C(F)(F)C(F)(F)F)NC(=O)C(F)(F)C(F)(F)C(F)(F)F. The minimum atomic E-state index is -6.91. The summed E-state index contributed by atoms with van der Waals surface area (Å²) in [4.78, 5) is 33.0. The number of amides is 2. The Balaban J connectivity index is 4.99. The Hall–Kier alpha value is -2.57. The highest BCUT2D eigenvalue weighted by Crippen LogP contribution is 2.47. The maximum absolute atomic E-state index is 13.2. The second kappa shape index (κ2) is 9.96. The maximum atomic E-state index is 13.2.